The number of nitrogens with two attached hydrogens (primary N) is 1. The van der Waals surface area contributed by atoms with Crippen LogP contribution in [0.5, 0.6) is 0 Å². The van der Waals surface area contributed by atoms with Crippen LogP contribution in [0.25, 0.3) is 6.08 Å². The summed E-state index contributed by atoms with van der Waals surface area (Å²) in [6.45, 7) is 1.52. The first-order valence-corrected chi connectivity index (χ1v) is 4.85. The zero-order valence-electron chi connectivity index (χ0n) is 8.26. The molecule has 0 atom stereocenters. The molecule has 2 nitrogen and oxygen atoms in total. The van der Waals surface area contributed by atoms with Crippen molar-refractivity contribution in [1.29, 1.82) is 0 Å². The van der Waals surface area contributed by atoms with Gasteiger partial charge in [-0.15, -0.1) is 0 Å². The van der Waals surface area contributed by atoms with Crippen LogP contribution < -0.4 is 5.73 Å². The van der Waals surface area contributed by atoms with Crippen LogP contribution in [-0.2, 0) is 0 Å². The Bertz CT molecular complexity index is 288. The fraction of sp³-hybridized carbons (Fsp3) is 0.250. The number of allylic oxidation sites excluding steroid dienone is 1. The van der Waals surface area contributed by atoms with Crippen molar-refractivity contribution in [1.82, 2.24) is 0 Å². The third-order valence-corrected chi connectivity index (χ3v) is 1.77. The SMILES string of the molecule is NCCCN=CC=Cc1ccccc1. The average Bonchev–Trinajstić information content (AvgIpc) is 2.25. The van der Waals surface area contributed by atoms with E-state index in [0.29, 0.717) is 6.54 Å². The molecule has 2 heteroatoms. The van der Waals surface area contributed by atoms with E-state index in [9.17, 15) is 0 Å². The summed E-state index contributed by atoms with van der Waals surface area (Å²) < 4.78 is 0. The predicted molar refractivity (Wildman–Crippen MR) is 62.5 cm³/mol. The maximum absolute atomic E-state index is 5.34. The van der Waals surface area contributed by atoms with E-state index in [1.807, 2.05) is 36.6 Å². The second-order valence-electron chi connectivity index (χ2n) is 2.97. The molecule has 1 rings (SSSR count). The molecule has 1 aromatic rings. The van der Waals surface area contributed by atoms with Gasteiger partial charge in [0, 0.05) is 12.8 Å². The molecule has 0 aliphatic heterocycles. The van der Waals surface area contributed by atoms with Crippen molar-refractivity contribution in [2.24, 2.45) is 10.7 Å². The van der Waals surface area contributed by atoms with Gasteiger partial charge >= 0.3 is 0 Å². The molecule has 0 saturated heterocycles. The van der Waals surface area contributed by atoms with Crippen molar-refractivity contribution in [3.8, 4) is 0 Å². The minimum Gasteiger partial charge on any atom is -0.330 e. The molecule has 0 aliphatic rings. The first kappa shape index (κ1) is 10.7. The van der Waals surface area contributed by atoms with Crippen LogP contribution in [0.3, 0.4) is 0 Å². The molecular formula is C12H16N2. The lowest BCUT2D eigenvalue weighted by atomic mass is 10.2. The van der Waals surface area contributed by atoms with Crippen molar-refractivity contribution in [2.45, 2.75) is 6.42 Å². The summed E-state index contributed by atoms with van der Waals surface area (Å²) in [6.07, 6.45) is 6.76. The van der Waals surface area contributed by atoms with Crippen LogP contribution in [-0.4, -0.2) is 19.3 Å². The van der Waals surface area contributed by atoms with E-state index in [2.05, 4.69) is 17.1 Å². The van der Waals surface area contributed by atoms with Crippen molar-refractivity contribution in [3.63, 3.8) is 0 Å². The van der Waals surface area contributed by atoms with Crippen molar-refractivity contribution in [3.05, 3.63) is 42.0 Å². The number of nitrogens with zero attached hydrogens (tertiary/aromatic N) is 1. The smallest absolute Gasteiger partial charge is 0.0401 e. The van der Waals surface area contributed by atoms with E-state index in [0.717, 1.165) is 13.0 Å². The lowest BCUT2D eigenvalue weighted by Crippen LogP contribution is -1.99. The first-order chi connectivity index (χ1) is 6.93. The Morgan fingerprint density at radius 3 is 2.71 bits per heavy atom. The molecular weight excluding hydrogens is 172 g/mol. The van der Waals surface area contributed by atoms with Crippen LogP contribution in [0.2, 0.25) is 0 Å². The lowest BCUT2D eigenvalue weighted by Gasteiger charge is -1.89. The van der Waals surface area contributed by atoms with Crippen molar-refractivity contribution in [2.75, 3.05) is 13.1 Å². The van der Waals surface area contributed by atoms with Gasteiger partial charge in [0.25, 0.3) is 0 Å². The monoisotopic (exact) mass is 188 g/mol. The summed E-state index contributed by atoms with van der Waals surface area (Å²) in [4.78, 5) is 4.18. The standard InChI is InChI=1S/C12H16N2/c13-9-5-11-14-10-4-8-12-6-2-1-3-7-12/h1-4,6-8,10H,5,9,11,13H2. The molecule has 0 fully saturated rings. The van der Waals surface area contributed by atoms with Gasteiger partial charge in [0.15, 0.2) is 0 Å². The number of aliphatic imine (C=N–C) groups is 1. The van der Waals surface area contributed by atoms with E-state index >= 15 is 0 Å². The molecule has 0 spiro atoms. The molecule has 14 heavy (non-hydrogen) atoms. The van der Waals surface area contributed by atoms with Gasteiger partial charge in [-0.3, -0.25) is 4.99 Å². The average molecular weight is 188 g/mol. The van der Waals surface area contributed by atoms with Gasteiger partial charge in [-0.05, 0) is 24.6 Å². The highest BCUT2D eigenvalue weighted by Crippen LogP contribution is 1.99. The summed E-state index contributed by atoms with van der Waals surface area (Å²) in [5.74, 6) is 0. The Morgan fingerprint density at radius 1 is 1.21 bits per heavy atom. The highest BCUT2D eigenvalue weighted by molar-refractivity contribution is 5.78. The minimum absolute atomic E-state index is 0.708. The van der Waals surface area contributed by atoms with Crippen molar-refractivity contribution >= 4 is 12.3 Å². The van der Waals surface area contributed by atoms with Gasteiger partial charge in [0.05, 0.1) is 0 Å². The van der Waals surface area contributed by atoms with Gasteiger partial charge in [0.1, 0.15) is 0 Å². The van der Waals surface area contributed by atoms with Gasteiger partial charge < -0.3 is 5.73 Å². The zero-order chi connectivity index (χ0) is 10.1. The first-order valence-electron chi connectivity index (χ1n) is 4.85. The summed E-state index contributed by atoms with van der Waals surface area (Å²) in [6, 6.07) is 10.2. The molecule has 0 radical (unpaired) electrons. The van der Waals surface area contributed by atoms with Crippen LogP contribution >= 0.6 is 0 Å². The molecule has 1 aromatic carbocycles. The Kier molecular flexibility index (Phi) is 5.36. The van der Waals surface area contributed by atoms with Crippen molar-refractivity contribution < 1.29 is 0 Å². The Hall–Kier alpha value is -1.41. The Morgan fingerprint density at radius 2 is 2.00 bits per heavy atom. The van der Waals surface area contributed by atoms with E-state index < -0.39 is 0 Å². The molecule has 0 saturated carbocycles. The molecule has 0 aliphatic carbocycles. The molecule has 0 heterocycles. The van der Waals surface area contributed by atoms with E-state index in [-0.39, 0.29) is 0 Å². The number of hydrogen-bond donors (Lipinski definition) is 1. The molecule has 2 N–H and O–H groups in total. The van der Waals surface area contributed by atoms with Gasteiger partial charge in [-0.1, -0.05) is 36.4 Å². The summed E-state index contributed by atoms with van der Waals surface area (Å²) in [5, 5.41) is 0. The number of rotatable bonds is 5. The Balaban J connectivity index is 2.31. The third-order valence-electron chi connectivity index (χ3n) is 1.77. The number of hydrogen-bond acceptors (Lipinski definition) is 2. The number of benzene rings is 1. The summed E-state index contributed by atoms with van der Waals surface area (Å²) in [7, 11) is 0. The molecule has 0 unspecified atom stereocenters. The molecule has 74 valence electrons. The second kappa shape index (κ2) is 7.04. The third kappa shape index (κ3) is 4.58. The van der Waals surface area contributed by atoms with Gasteiger partial charge in [-0.2, -0.15) is 0 Å². The zero-order valence-corrected chi connectivity index (χ0v) is 8.26. The van der Waals surface area contributed by atoms with Crippen LogP contribution in [0.15, 0.2) is 41.4 Å². The fourth-order valence-electron chi connectivity index (χ4n) is 1.04. The lowest BCUT2D eigenvalue weighted by molar-refractivity contribution is 0.848. The highest BCUT2D eigenvalue weighted by atomic mass is 14.7. The largest absolute Gasteiger partial charge is 0.330 e. The normalized spacial score (nSPS) is 11.5. The van der Waals surface area contributed by atoms with E-state index in [4.69, 9.17) is 5.73 Å². The van der Waals surface area contributed by atoms with Crippen LogP contribution in [0.4, 0.5) is 0 Å². The quantitative estimate of drug-likeness (QED) is 0.558. The van der Waals surface area contributed by atoms with Gasteiger partial charge in [0.2, 0.25) is 0 Å². The Labute approximate surface area is 85.2 Å². The fourth-order valence-corrected chi connectivity index (χ4v) is 1.04. The second-order valence-corrected chi connectivity index (χ2v) is 2.97. The molecule has 0 bridgehead atoms. The van der Waals surface area contributed by atoms with Crippen LogP contribution in [0.1, 0.15) is 12.0 Å². The summed E-state index contributed by atoms with van der Waals surface area (Å²) in [5.41, 5.74) is 6.53. The van der Waals surface area contributed by atoms with E-state index in [1.54, 1.807) is 0 Å². The van der Waals surface area contributed by atoms with Gasteiger partial charge in [-0.25, -0.2) is 0 Å². The molecule has 0 amide bonds. The molecule has 0 aromatic heterocycles. The highest BCUT2D eigenvalue weighted by Gasteiger charge is 1.80. The maximum Gasteiger partial charge on any atom is 0.0401 e. The van der Waals surface area contributed by atoms with E-state index in [1.165, 1.54) is 5.56 Å². The minimum atomic E-state index is 0.708. The maximum atomic E-state index is 5.34. The summed E-state index contributed by atoms with van der Waals surface area (Å²) >= 11 is 0. The van der Waals surface area contributed by atoms with Crippen LogP contribution in [0, 0.1) is 0 Å². The predicted octanol–water partition coefficient (Wildman–Crippen LogP) is 2.12. The topological polar surface area (TPSA) is 38.4 Å².